The molecule has 0 spiro atoms. The topological polar surface area (TPSA) is 8.17 Å². The van der Waals surface area contributed by atoms with Crippen LogP contribution in [0.4, 0.5) is 17.1 Å². The summed E-state index contributed by atoms with van der Waals surface area (Å²) in [6.07, 6.45) is 0. The van der Waals surface area contributed by atoms with Crippen LogP contribution in [-0.2, 0) is 5.41 Å². The number of fused-ring (bicyclic) bond motifs is 7. The Labute approximate surface area is 281 Å². The minimum absolute atomic E-state index is 0.125. The summed E-state index contributed by atoms with van der Waals surface area (Å²) in [7, 11) is 0. The van der Waals surface area contributed by atoms with Crippen LogP contribution < -0.4 is 21.3 Å². The Morgan fingerprint density at radius 1 is 0.479 bits per heavy atom. The second-order valence-electron chi connectivity index (χ2n) is 13.8. The number of para-hydroxylation sites is 4. The molecule has 0 saturated carbocycles. The van der Waals surface area contributed by atoms with E-state index in [1.807, 2.05) is 0 Å². The van der Waals surface area contributed by atoms with Crippen molar-refractivity contribution < 1.29 is 0 Å². The molecule has 0 amide bonds. The molecule has 3 heteroatoms. The highest BCUT2D eigenvalue weighted by Gasteiger charge is 2.40. The van der Waals surface area contributed by atoms with E-state index in [1.165, 1.54) is 77.5 Å². The van der Waals surface area contributed by atoms with Crippen molar-refractivity contribution in [2.45, 2.75) is 19.3 Å². The summed E-state index contributed by atoms with van der Waals surface area (Å²) in [6.45, 7) is 4.98. The third kappa shape index (κ3) is 3.76. The Kier molecular flexibility index (Phi) is 5.75. The van der Waals surface area contributed by atoms with Crippen LogP contribution in [0.25, 0.3) is 38.6 Å². The minimum Gasteiger partial charge on any atom is -0.306 e. The first-order chi connectivity index (χ1) is 23.6. The number of hydrogen-bond donors (Lipinski definition) is 0. The van der Waals surface area contributed by atoms with Crippen LogP contribution in [0.3, 0.4) is 0 Å². The summed E-state index contributed by atoms with van der Waals surface area (Å²) >= 11 is 0. The standard InChI is InChI=1S/C45H33BN2/c1-45(2)36-20-7-8-21-38(36)46(32-15-4-3-5-16-32)39-27-26-31(29-37(39)45)30-14-12-17-33(28-30)47-41-23-10-11-24-42(41)48-40-22-9-6-18-34(40)35-19-13-25-43(47)44(35)48/h3-29H,1-2H3. The molecule has 2 aliphatic rings. The van der Waals surface area contributed by atoms with Crippen molar-refractivity contribution in [2.75, 3.05) is 4.90 Å². The summed E-state index contributed by atoms with van der Waals surface area (Å²) in [5, 5.41) is 2.57. The van der Waals surface area contributed by atoms with Crippen LogP contribution in [0.5, 0.6) is 0 Å². The van der Waals surface area contributed by atoms with Gasteiger partial charge in [0.05, 0.1) is 28.1 Å². The number of rotatable bonds is 3. The first kappa shape index (κ1) is 27.3. The zero-order valence-electron chi connectivity index (χ0n) is 27.1. The Hall–Kier alpha value is -5.80. The molecule has 0 aliphatic carbocycles. The molecule has 10 rings (SSSR count). The fourth-order valence-electron chi connectivity index (χ4n) is 8.67. The Morgan fingerprint density at radius 3 is 2.04 bits per heavy atom. The molecule has 0 unspecified atom stereocenters. The van der Waals surface area contributed by atoms with E-state index in [0.29, 0.717) is 0 Å². The third-order valence-corrected chi connectivity index (χ3v) is 10.8. The van der Waals surface area contributed by atoms with Crippen LogP contribution in [0, 0.1) is 0 Å². The summed E-state index contributed by atoms with van der Waals surface area (Å²) in [5.74, 6) is 0. The van der Waals surface area contributed by atoms with E-state index in [-0.39, 0.29) is 12.1 Å². The molecule has 2 aliphatic heterocycles. The van der Waals surface area contributed by atoms with E-state index in [9.17, 15) is 0 Å². The lowest BCUT2D eigenvalue weighted by molar-refractivity contribution is 0.646. The van der Waals surface area contributed by atoms with Crippen LogP contribution in [0.2, 0.25) is 0 Å². The molecular weight excluding hydrogens is 579 g/mol. The van der Waals surface area contributed by atoms with Crippen LogP contribution >= 0.6 is 0 Å². The van der Waals surface area contributed by atoms with Crippen molar-refractivity contribution in [3.05, 3.63) is 175 Å². The monoisotopic (exact) mass is 612 g/mol. The van der Waals surface area contributed by atoms with Gasteiger partial charge in [0.1, 0.15) is 0 Å². The summed E-state index contributed by atoms with van der Waals surface area (Å²) < 4.78 is 2.45. The Bertz CT molecular complexity index is 2560. The predicted octanol–water partition coefficient (Wildman–Crippen LogP) is 9.39. The van der Waals surface area contributed by atoms with Gasteiger partial charge in [-0.25, -0.2) is 0 Å². The molecule has 3 heterocycles. The van der Waals surface area contributed by atoms with E-state index in [4.69, 9.17) is 0 Å². The van der Waals surface area contributed by atoms with Crippen molar-refractivity contribution in [3.8, 4) is 16.8 Å². The van der Waals surface area contributed by atoms with Gasteiger partial charge in [-0.15, -0.1) is 0 Å². The molecule has 0 fully saturated rings. The fourth-order valence-corrected chi connectivity index (χ4v) is 8.67. The van der Waals surface area contributed by atoms with Gasteiger partial charge < -0.3 is 9.47 Å². The molecule has 0 radical (unpaired) electrons. The van der Waals surface area contributed by atoms with Gasteiger partial charge in [-0.3, -0.25) is 0 Å². The Morgan fingerprint density at radius 2 is 1.15 bits per heavy atom. The lowest BCUT2D eigenvalue weighted by atomic mass is 9.31. The molecule has 0 atom stereocenters. The number of hydrogen-bond acceptors (Lipinski definition) is 1. The first-order valence-electron chi connectivity index (χ1n) is 16.9. The molecule has 2 nitrogen and oxygen atoms in total. The molecule has 7 aromatic carbocycles. The maximum atomic E-state index is 2.46. The zero-order valence-corrected chi connectivity index (χ0v) is 27.1. The highest BCUT2D eigenvalue weighted by Crippen LogP contribution is 2.49. The Balaban J connectivity index is 1.15. The fraction of sp³-hybridized carbons (Fsp3) is 0.0667. The van der Waals surface area contributed by atoms with Gasteiger partial charge >= 0.3 is 0 Å². The van der Waals surface area contributed by atoms with Gasteiger partial charge in [-0.05, 0) is 58.7 Å². The predicted molar refractivity (Wildman–Crippen MR) is 204 cm³/mol. The molecule has 0 N–H and O–H groups in total. The normalized spacial score (nSPS) is 14.1. The summed E-state index contributed by atoms with van der Waals surface area (Å²) in [6, 6.07) is 60.6. The van der Waals surface area contributed by atoms with Gasteiger partial charge in [0, 0.05) is 21.9 Å². The number of aromatic nitrogens is 1. The van der Waals surface area contributed by atoms with E-state index < -0.39 is 0 Å². The highest BCUT2D eigenvalue weighted by molar-refractivity contribution is 6.96. The molecule has 0 bridgehead atoms. The highest BCUT2D eigenvalue weighted by atomic mass is 15.2. The first-order valence-corrected chi connectivity index (χ1v) is 16.9. The third-order valence-electron chi connectivity index (χ3n) is 10.8. The average molecular weight is 613 g/mol. The maximum absolute atomic E-state index is 2.46. The quantitative estimate of drug-likeness (QED) is 0.181. The van der Waals surface area contributed by atoms with Crippen LogP contribution in [0.1, 0.15) is 25.0 Å². The average Bonchev–Trinajstić information content (AvgIpc) is 3.48. The molecule has 8 aromatic rings. The van der Waals surface area contributed by atoms with Crippen LogP contribution in [0.15, 0.2) is 164 Å². The van der Waals surface area contributed by atoms with Gasteiger partial charge in [0.25, 0.3) is 0 Å². The van der Waals surface area contributed by atoms with Crippen LogP contribution in [-0.4, -0.2) is 11.3 Å². The number of benzene rings is 7. The SMILES string of the molecule is CC1(C)c2ccccc2B(c2ccccc2)c2ccc(-c3cccc(N4c5ccccc5-n5c6ccccc6c6cccc4c65)c3)cc21. The summed E-state index contributed by atoms with van der Waals surface area (Å²) in [4.78, 5) is 2.45. The molecule has 0 saturated heterocycles. The lowest BCUT2D eigenvalue weighted by Crippen LogP contribution is -2.60. The largest absolute Gasteiger partial charge is 0.306 e. The van der Waals surface area contributed by atoms with Crippen molar-refractivity contribution in [1.29, 1.82) is 0 Å². The van der Waals surface area contributed by atoms with Crippen molar-refractivity contribution in [2.24, 2.45) is 0 Å². The minimum atomic E-state index is -0.125. The van der Waals surface area contributed by atoms with Gasteiger partial charge in [-0.2, -0.15) is 0 Å². The zero-order chi connectivity index (χ0) is 32.0. The second-order valence-corrected chi connectivity index (χ2v) is 13.8. The van der Waals surface area contributed by atoms with E-state index in [1.54, 1.807) is 0 Å². The van der Waals surface area contributed by atoms with Gasteiger partial charge in [0.2, 0.25) is 6.71 Å². The molecular formula is C45H33BN2. The van der Waals surface area contributed by atoms with Crippen molar-refractivity contribution in [3.63, 3.8) is 0 Å². The smallest absolute Gasteiger partial charge is 0.241 e. The number of nitrogens with zero attached hydrogens (tertiary/aromatic N) is 2. The molecule has 1 aromatic heterocycles. The molecule has 226 valence electrons. The van der Waals surface area contributed by atoms with E-state index in [0.717, 1.165) is 5.69 Å². The lowest BCUT2D eigenvalue weighted by Gasteiger charge is -2.39. The molecule has 48 heavy (non-hydrogen) atoms. The van der Waals surface area contributed by atoms with Gasteiger partial charge in [0.15, 0.2) is 0 Å². The maximum Gasteiger partial charge on any atom is 0.241 e. The van der Waals surface area contributed by atoms with Crippen molar-refractivity contribution in [1.82, 2.24) is 4.57 Å². The summed E-state index contributed by atoms with van der Waals surface area (Å²) in [5.41, 5.74) is 16.5. The van der Waals surface area contributed by atoms with Crippen molar-refractivity contribution >= 4 is 62.0 Å². The van der Waals surface area contributed by atoms with E-state index >= 15 is 0 Å². The van der Waals surface area contributed by atoms with E-state index in [2.05, 4.69) is 187 Å². The number of anilines is 3. The second kappa shape index (κ2) is 10.1. The van der Waals surface area contributed by atoms with Gasteiger partial charge in [-0.1, -0.05) is 158 Å².